The van der Waals surface area contributed by atoms with Crippen LogP contribution in [0.4, 0.5) is 5.95 Å². The number of amides is 1. The highest BCUT2D eigenvalue weighted by Crippen LogP contribution is 2.06. The van der Waals surface area contributed by atoms with Gasteiger partial charge in [0.2, 0.25) is 21.9 Å². The third kappa shape index (κ3) is 4.72. The zero-order valence-corrected chi connectivity index (χ0v) is 12.0. The van der Waals surface area contributed by atoms with E-state index < -0.39 is 22.0 Å². The van der Waals surface area contributed by atoms with Gasteiger partial charge in [0.05, 0.1) is 25.0 Å². The van der Waals surface area contributed by atoms with Crippen LogP contribution >= 0.6 is 0 Å². The molecule has 1 amide bonds. The monoisotopic (exact) mass is 303 g/mol. The molecule has 0 aliphatic heterocycles. The molecule has 1 aromatic heterocycles. The Morgan fingerprint density at radius 3 is 2.60 bits per heavy atom. The fourth-order valence-electron chi connectivity index (χ4n) is 1.25. The molecule has 20 heavy (non-hydrogen) atoms. The Hall–Kier alpha value is -1.78. The molecule has 1 aromatic rings. The van der Waals surface area contributed by atoms with E-state index in [0.29, 0.717) is 13.2 Å². The molecule has 0 bridgehead atoms. The van der Waals surface area contributed by atoms with Crippen LogP contribution in [0.15, 0.2) is 17.3 Å². The van der Waals surface area contributed by atoms with Gasteiger partial charge in [-0.3, -0.25) is 4.79 Å². The predicted octanol–water partition coefficient (Wildman–Crippen LogP) is -1.51. The van der Waals surface area contributed by atoms with Crippen LogP contribution in [0.3, 0.4) is 0 Å². The smallest absolute Gasteiger partial charge is 0.244 e. The minimum Gasteiger partial charge on any atom is -0.383 e. The van der Waals surface area contributed by atoms with Crippen LogP contribution in [0, 0.1) is 0 Å². The summed E-state index contributed by atoms with van der Waals surface area (Å²) in [5, 5.41) is 2.52. The molecular weight excluding hydrogens is 286 g/mol. The maximum Gasteiger partial charge on any atom is 0.244 e. The van der Waals surface area contributed by atoms with Gasteiger partial charge in [-0.05, 0) is 6.92 Å². The number of nitrogens with zero attached hydrogens (tertiary/aromatic N) is 2. The second kappa shape index (κ2) is 7.12. The summed E-state index contributed by atoms with van der Waals surface area (Å²) in [6.45, 7) is 2.07. The van der Waals surface area contributed by atoms with Gasteiger partial charge < -0.3 is 15.8 Å². The number of carbonyl (C=O) groups excluding carboxylic acids is 1. The van der Waals surface area contributed by atoms with Gasteiger partial charge in [0.1, 0.15) is 4.90 Å². The van der Waals surface area contributed by atoms with Crippen molar-refractivity contribution in [3.63, 3.8) is 0 Å². The summed E-state index contributed by atoms with van der Waals surface area (Å²) in [5.74, 6) is -0.490. The van der Waals surface area contributed by atoms with Crippen molar-refractivity contribution in [1.82, 2.24) is 20.0 Å². The lowest BCUT2D eigenvalue weighted by atomic mass is 10.3. The lowest BCUT2D eigenvalue weighted by molar-refractivity contribution is -0.122. The zero-order valence-electron chi connectivity index (χ0n) is 11.2. The van der Waals surface area contributed by atoms with Crippen molar-refractivity contribution in [3.05, 3.63) is 12.4 Å². The lowest BCUT2D eigenvalue weighted by Gasteiger charge is -2.14. The standard InChI is InChI=1S/C10H17N5O4S/c1-7(9(16)12-3-4-19-2)15-20(17,18)8-5-13-10(11)14-6-8/h5-7,15H,3-4H2,1-2H3,(H,12,16)(H2,11,13,14). The maximum atomic E-state index is 12.0. The van der Waals surface area contributed by atoms with E-state index in [0.717, 1.165) is 12.4 Å². The van der Waals surface area contributed by atoms with E-state index >= 15 is 0 Å². The van der Waals surface area contributed by atoms with Gasteiger partial charge in [-0.25, -0.2) is 18.4 Å². The average molecular weight is 303 g/mol. The molecule has 1 heterocycles. The van der Waals surface area contributed by atoms with Crippen molar-refractivity contribution < 1.29 is 17.9 Å². The molecular formula is C10H17N5O4S. The molecule has 1 atom stereocenters. The zero-order chi connectivity index (χ0) is 15.2. The Labute approximate surface area is 117 Å². The van der Waals surface area contributed by atoms with Gasteiger partial charge in [0, 0.05) is 13.7 Å². The minimum atomic E-state index is -3.87. The Balaban J connectivity index is 2.66. The number of ether oxygens (including phenoxy) is 1. The number of aromatic nitrogens is 2. The van der Waals surface area contributed by atoms with Gasteiger partial charge in [0.15, 0.2) is 0 Å². The van der Waals surface area contributed by atoms with Crippen LogP contribution in [0.5, 0.6) is 0 Å². The fourth-order valence-corrected chi connectivity index (χ4v) is 2.34. The molecule has 0 spiro atoms. The third-order valence-electron chi connectivity index (χ3n) is 2.29. The predicted molar refractivity (Wildman–Crippen MR) is 71.1 cm³/mol. The quantitative estimate of drug-likeness (QED) is 0.521. The maximum absolute atomic E-state index is 12.0. The molecule has 112 valence electrons. The summed E-state index contributed by atoms with van der Waals surface area (Å²) in [7, 11) is -2.38. The summed E-state index contributed by atoms with van der Waals surface area (Å²) < 4.78 is 30.9. The first-order valence-corrected chi connectivity index (χ1v) is 7.21. The first kappa shape index (κ1) is 16.3. The van der Waals surface area contributed by atoms with Crippen molar-refractivity contribution in [3.8, 4) is 0 Å². The van der Waals surface area contributed by atoms with Crippen LogP contribution < -0.4 is 15.8 Å². The molecule has 0 radical (unpaired) electrons. The average Bonchev–Trinajstić information content (AvgIpc) is 2.38. The van der Waals surface area contributed by atoms with Crippen LogP contribution in [-0.2, 0) is 19.6 Å². The van der Waals surface area contributed by atoms with Crippen molar-refractivity contribution in [2.24, 2.45) is 0 Å². The second-order valence-electron chi connectivity index (χ2n) is 3.90. The van der Waals surface area contributed by atoms with E-state index in [1.807, 2.05) is 0 Å². The first-order valence-electron chi connectivity index (χ1n) is 5.73. The Morgan fingerprint density at radius 2 is 2.05 bits per heavy atom. The number of nitrogen functional groups attached to an aromatic ring is 1. The number of hydrogen-bond acceptors (Lipinski definition) is 7. The summed E-state index contributed by atoms with van der Waals surface area (Å²) in [6.07, 6.45) is 2.14. The summed E-state index contributed by atoms with van der Waals surface area (Å²) in [6, 6.07) is -0.936. The molecule has 4 N–H and O–H groups in total. The van der Waals surface area contributed by atoms with E-state index in [-0.39, 0.29) is 10.8 Å². The molecule has 1 rings (SSSR count). The first-order chi connectivity index (χ1) is 9.36. The van der Waals surface area contributed by atoms with Crippen LogP contribution in [-0.4, -0.2) is 50.6 Å². The van der Waals surface area contributed by atoms with Crippen molar-refractivity contribution >= 4 is 21.9 Å². The topological polar surface area (TPSA) is 136 Å². The highest BCUT2D eigenvalue weighted by atomic mass is 32.2. The minimum absolute atomic E-state index is 0.0330. The second-order valence-corrected chi connectivity index (χ2v) is 5.62. The van der Waals surface area contributed by atoms with Crippen LogP contribution in [0.1, 0.15) is 6.92 Å². The highest BCUT2D eigenvalue weighted by Gasteiger charge is 2.22. The van der Waals surface area contributed by atoms with E-state index in [9.17, 15) is 13.2 Å². The van der Waals surface area contributed by atoms with Gasteiger partial charge >= 0.3 is 0 Å². The number of sulfonamides is 1. The number of anilines is 1. The number of rotatable bonds is 7. The molecule has 0 saturated heterocycles. The Morgan fingerprint density at radius 1 is 1.45 bits per heavy atom. The molecule has 0 aliphatic rings. The normalized spacial score (nSPS) is 12.9. The Bertz CT molecular complexity index is 545. The van der Waals surface area contributed by atoms with Crippen LogP contribution in [0.25, 0.3) is 0 Å². The van der Waals surface area contributed by atoms with Crippen molar-refractivity contribution in [1.29, 1.82) is 0 Å². The summed E-state index contributed by atoms with van der Waals surface area (Å²) >= 11 is 0. The lowest BCUT2D eigenvalue weighted by Crippen LogP contribution is -2.45. The number of hydrogen-bond donors (Lipinski definition) is 3. The summed E-state index contributed by atoms with van der Waals surface area (Å²) in [5.41, 5.74) is 5.27. The van der Waals surface area contributed by atoms with Gasteiger partial charge in [0.25, 0.3) is 0 Å². The molecule has 0 saturated carbocycles. The third-order valence-corrected chi connectivity index (χ3v) is 3.78. The molecule has 10 heteroatoms. The van der Waals surface area contributed by atoms with E-state index in [1.165, 1.54) is 14.0 Å². The van der Waals surface area contributed by atoms with E-state index in [1.54, 1.807) is 0 Å². The number of methoxy groups -OCH3 is 1. The van der Waals surface area contributed by atoms with E-state index in [2.05, 4.69) is 20.0 Å². The van der Waals surface area contributed by atoms with Gasteiger partial charge in [-0.2, -0.15) is 4.72 Å². The number of carbonyl (C=O) groups is 1. The number of nitrogens with one attached hydrogen (secondary N) is 2. The molecule has 0 fully saturated rings. The van der Waals surface area contributed by atoms with Crippen LogP contribution in [0.2, 0.25) is 0 Å². The highest BCUT2D eigenvalue weighted by molar-refractivity contribution is 7.89. The summed E-state index contributed by atoms with van der Waals surface area (Å²) in [4.78, 5) is 18.6. The number of nitrogens with two attached hydrogens (primary N) is 1. The SMILES string of the molecule is COCCNC(=O)C(C)NS(=O)(=O)c1cnc(N)nc1. The van der Waals surface area contributed by atoms with E-state index in [4.69, 9.17) is 10.5 Å². The van der Waals surface area contributed by atoms with Crippen molar-refractivity contribution in [2.75, 3.05) is 26.0 Å². The molecule has 9 nitrogen and oxygen atoms in total. The van der Waals surface area contributed by atoms with Gasteiger partial charge in [-0.15, -0.1) is 0 Å². The Kier molecular flexibility index (Phi) is 5.80. The molecule has 1 unspecified atom stereocenters. The molecule has 0 aliphatic carbocycles. The largest absolute Gasteiger partial charge is 0.383 e. The fraction of sp³-hybridized carbons (Fsp3) is 0.500. The molecule has 0 aromatic carbocycles. The van der Waals surface area contributed by atoms with Crippen molar-refractivity contribution in [2.45, 2.75) is 17.9 Å². The van der Waals surface area contributed by atoms with Gasteiger partial charge in [-0.1, -0.05) is 0 Å².